The fraction of sp³-hybridized carbons (Fsp3) is 0.600. The Balaban J connectivity index is 2.31. The number of hydrogen-bond donors (Lipinski definition) is 2. The molecule has 0 saturated heterocycles. The Morgan fingerprint density at radius 1 is 1.11 bits per heavy atom. The Hall–Kier alpha value is -1.26. The summed E-state index contributed by atoms with van der Waals surface area (Å²) in [6.07, 6.45) is 0.780. The van der Waals surface area contributed by atoms with E-state index in [1.807, 2.05) is 31.2 Å². The van der Waals surface area contributed by atoms with Gasteiger partial charge in [0.1, 0.15) is 11.5 Å². The number of hydrogen-bond acceptors (Lipinski definition) is 4. The molecular weight excluding hydrogens is 242 g/mol. The van der Waals surface area contributed by atoms with Crippen molar-refractivity contribution in [1.29, 1.82) is 0 Å². The van der Waals surface area contributed by atoms with Crippen molar-refractivity contribution in [1.82, 2.24) is 5.32 Å². The molecule has 0 aliphatic rings. The number of ether oxygens (including phenoxy) is 2. The Bertz CT molecular complexity index is 338. The third-order valence-electron chi connectivity index (χ3n) is 2.66. The molecule has 1 aromatic rings. The summed E-state index contributed by atoms with van der Waals surface area (Å²) in [5, 5.41) is 12.5. The van der Waals surface area contributed by atoms with Crippen LogP contribution in [0.15, 0.2) is 24.3 Å². The second-order valence-electron chi connectivity index (χ2n) is 4.74. The van der Waals surface area contributed by atoms with Gasteiger partial charge in [-0.2, -0.15) is 0 Å². The van der Waals surface area contributed by atoms with Gasteiger partial charge in [0.15, 0.2) is 0 Å². The first-order valence-electron chi connectivity index (χ1n) is 6.88. The van der Waals surface area contributed by atoms with Gasteiger partial charge in [-0.15, -0.1) is 0 Å². The van der Waals surface area contributed by atoms with Gasteiger partial charge in [-0.05, 0) is 37.6 Å². The minimum absolute atomic E-state index is 0.0858. The molecule has 0 aliphatic heterocycles. The van der Waals surface area contributed by atoms with Gasteiger partial charge < -0.3 is 19.9 Å². The van der Waals surface area contributed by atoms with Crippen molar-refractivity contribution >= 4 is 0 Å². The van der Waals surface area contributed by atoms with E-state index in [1.165, 1.54) is 0 Å². The van der Waals surface area contributed by atoms with E-state index in [9.17, 15) is 5.11 Å². The lowest BCUT2D eigenvalue weighted by molar-refractivity contribution is 0.202. The molecule has 4 nitrogen and oxygen atoms in total. The van der Waals surface area contributed by atoms with Crippen LogP contribution in [0, 0.1) is 0 Å². The highest BCUT2D eigenvalue weighted by Gasteiger charge is 2.08. The van der Waals surface area contributed by atoms with Crippen LogP contribution in [0.2, 0.25) is 0 Å². The zero-order valence-electron chi connectivity index (χ0n) is 12.1. The van der Waals surface area contributed by atoms with Crippen LogP contribution in [-0.4, -0.2) is 37.0 Å². The number of benzene rings is 1. The molecule has 0 aromatic heterocycles. The molecule has 0 heterocycles. The molecule has 0 aliphatic carbocycles. The molecule has 1 unspecified atom stereocenters. The van der Waals surface area contributed by atoms with Gasteiger partial charge in [-0.25, -0.2) is 0 Å². The number of aliphatic hydroxyl groups excluding tert-OH is 1. The first kappa shape index (κ1) is 15.8. The number of aliphatic hydroxyl groups is 1. The van der Waals surface area contributed by atoms with Gasteiger partial charge in [0.25, 0.3) is 0 Å². The molecule has 4 heteroatoms. The van der Waals surface area contributed by atoms with Gasteiger partial charge >= 0.3 is 0 Å². The monoisotopic (exact) mass is 267 g/mol. The summed E-state index contributed by atoms with van der Waals surface area (Å²) in [5.74, 6) is 1.68. The van der Waals surface area contributed by atoms with Crippen molar-refractivity contribution in [3.63, 3.8) is 0 Å². The van der Waals surface area contributed by atoms with E-state index in [0.717, 1.165) is 17.9 Å². The molecule has 0 bridgehead atoms. The van der Waals surface area contributed by atoms with E-state index in [2.05, 4.69) is 19.2 Å². The van der Waals surface area contributed by atoms with E-state index < -0.39 is 0 Å². The Morgan fingerprint density at radius 2 is 1.68 bits per heavy atom. The maximum Gasteiger partial charge on any atom is 0.119 e. The van der Waals surface area contributed by atoms with Gasteiger partial charge in [-0.1, -0.05) is 13.8 Å². The Labute approximate surface area is 115 Å². The largest absolute Gasteiger partial charge is 0.494 e. The topological polar surface area (TPSA) is 50.7 Å². The first-order valence-corrected chi connectivity index (χ1v) is 6.88. The summed E-state index contributed by atoms with van der Waals surface area (Å²) >= 11 is 0. The molecule has 1 rings (SSSR count). The van der Waals surface area contributed by atoms with Crippen LogP contribution in [0.5, 0.6) is 11.5 Å². The highest BCUT2D eigenvalue weighted by molar-refractivity contribution is 5.31. The van der Waals surface area contributed by atoms with Crippen LogP contribution in [0.3, 0.4) is 0 Å². The molecule has 19 heavy (non-hydrogen) atoms. The summed E-state index contributed by atoms with van der Waals surface area (Å²) in [6.45, 7) is 7.47. The van der Waals surface area contributed by atoms with E-state index >= 15 is 0 Å². The molecule has 1 atom stereocenters. The van der Waals surface area contributed by atoms with Gasteiger partial charge in [0.2, 0.25) is 0 Å². The Morgan fingerprint density at radius 3 is 2.16 bits per heavy atom. The first-order chi connectivity index (χ1) is 9.15. The minimum atomic E-state index is 0.0858. The predicted octanol–water partition coefficient (Wildman–Crippen LogP) is 2.21. The van der Waals surface area contributed by atoms with E-state index in [1.54, 1.807) is 0 Å². The zero-order chi connectivity index (χ0) is 14.1. The number of nitrogens with one attached hydrogen (secondary N) is 1. The molecule has 0 radical (unpaired) electrons. The second kappa shape index (κ2) is 8.77. The van der Waals surface area contributed by atoms with Crippen LogP contribution in [0.4, 0.5) is 0 Å². The van der Waals surface area contributed by atoms with Crippen molar-refractivity contribution in [2.75, 3.05) is 19.8 Å². The second-order valence-corrected chi connectivity index (χ2v) is 4.74. The van der Waals surface area contributed by atoms with Gasteiger partial charge in [0.05, 0.1) is 19.8 Å². The summed E-state index contributed by atoms with van der Waals surface area (Å²) in [6, 6.07) is 8.04. The molecule has 108 valence electrons. The van der Waals surface area contributed by atoms with E-state index in [4.69, 9.17) is 9.47 Å². The molecule has 2 N–H and O–H groups in total. The van der Waals surface area contributed by atoms with Gasteiger partial charge in [0, 0.05) is 12.1 Å². The number of rotatable bonds is 9. The quantitative estimate of drug-likeness (QED) is 0.720. The molecule has 0 spiro atoms. The average Bonchev–Trinajstić information content (AvgIpc) is 2.39. The minimum Gasteiger partial charge on any atom is -0.494 e. The third-order valence-corrected chi connectivity index (χ3v) is 2.66. The molecule has 0 saturated carbocycles. The molecule has 0 amide bonds. The normalized spacial score (nSPS) is 12.5. The third kappa shape index (κ3) is 6.45. The maximum absolute atomic E-state index is 9.23. The Kier molecular flexibility index (Phi) is 7.30. The van der Waals surface area contributed by atoms with Crippen molar-refractivity contribution in [3.05, 3.63) is 24.3 Å². The van der Waals surface area contributed by atoms with Crippen LogP contribution in [0.25, 0.3) is 0 Å². The van der Waals surface area contributed by atoms with E-state index in [0.29, 0.717) is 19.3 Å². The van der Waals surface area contributed by atoms with Crippen LogP contribution < -0.4 is 14.8 Å². The van der Waals surface area contributed by atoms with Crippen molar-refractivity contribution in [3.8, 4) is 11.5 Å². The highest BCUT2D eigenvalue weighted by Crippen LogP contribution is 2.17. The summed E-state index contributed by atoms with van der Waals surface area (Å²) < 4.78 is 11.0. The highest BCUT2D eigenvalue weighted by atomic mass is 16.5. The maximum atomic E-state index is 9.23. The fourth-order valence-corrected chi connectivity index (χ4v) is 1.82. The summed E-state index contributed by atoms with van der Waals surface area (Å²) in [7, 11) is 0. The standard InChI is InChI=1S/C15H25NO3/c1-4-18-14-5-7-15(8-6-14)19-10-9-13(11-17)16-12(2)3/h5-8,12-13,16-17H,4,9-11H2,1-3H3. The van der Waals surface area contributed by atoms with Crippen molar-refractivity contribution in [2.45, 2.75) is 39.3 Å². The fourth-order valence-electron chi connectivity index (χ4n) is 1.82. The summed E-state index contributed by atoms with van der Waals surface area (Å²) in [4.78, 5) is 0. The van der Waals surface area contributed by atoms with Crippen LogP contribution in [-0.2, 0) is 0 Å². The van der Waals surface area contributed by atoms with Gasteiger partial charge in [-0.3, -0.25) is 0 Å². The van der Waals surface area contributed by atoms with Crippen LogP contribution in [0.1, 0.15) is 27.2 Å². The van der Waals surface area contributed by atoms with Crippen LogP contribution >= 0.6 is 0 Å². The molecular formula is C15H25NO3. The lowest BCUT2D eigenvalue weighted by atomic mass is 10.2. The van der Waals surface area contributed by atoms with Crippen molar-refractivity contribution < 1.29 is 14.6 Å². The molecule has 1 aromatic carbocycles. The lowest BCUT2D eigenvalue weighted by Crippen LogP contribution is -2.38. The average molecular weight is 267 g/mol. The van der Waals surface area contributed by atoms with Crippen molar-refractivity contribution in [2.24, 2.45) is 0 Å². The van der Waals surface area contributed by atoms with E-state index in [-0.39, 0.29) is 12.6 Å². The lowest BCUT2D eigenvalue weighted by Gasteiger charge is -2.19. The summed E-state index contributed by atoms with van der Waals surface area (Å²) in [5.41, 5.74) is 0. The smallest absolute Gasteiger partial charge is 0.119 e. The predicted molar refractivity (Wildman–Crippen MR) is 76.9 cm³/mol. The zero-order valence-corrected chi connectivity index (χ0v) is 12.1. The SMILES string of the molecule is CCOc1ccc(OCCC(CO)NC(C)C)cc1. The molecule has 0 fully saturated rings.